The molecule has 0 amide bonds. The number of rotatable bonds is 6. The van der Waals surface area contributed by atoms with Gasteiger partial charge in [0.1, 0.15) is 12.6 Å². The van der Waals surface area contributed by atoms with Gasteiger partial charge in [-0.25, -0.2) is 0 Å². The summed E-state index contributed by atoms with van der Waals surface area (Å²) in [6, 6.07) is 6.47. The quantitative estimate of drug-likeness (QED) is 0.831. The van der Waals surface area contributed by atoms with Crippen molar-refractivity contribution in [2.24, 2.45) is 7.05 Å². The van der Waals surface area contributed by atoms with Crippen LogP contribution < -0.4 is 5.32 Å². The van der Waals surface area contributed by atoms with E-state index in [-0.39, 0.29) is 5.92 Å². The molecule has 1 aromatic heterocycles. The normalized spacial score (nSPS) is 17.3. The molecule has 5 nitrogen and oxygen atoms in total. The molecule has 1 unspecified atom stereocenters. The van der Waals surface area contributed by atoms with Gasteiger partial charge in [0.25, 0.3) is 0 Å². The second-order valence-corrected chi connectivity index (χ2v) is 6.30. The molecule has 2 aromatic rings. The molecule has 0 radical (unpaired) electrons. The molecule has 0 bridgehead atoms. The highest BCUT2D eigenvalue weighted by atomic mass is 16.1. The Hall–Kier alpha value is -2.01. The van der Waals surface area contributed by atoms with E-state index in [4.69, 9.17) is 0 Å². The second kappa shape index (κ2) is 7.04. The number of carbonyl (C=O) groups excluding carboxylic acids is 2. The second-order valence-electron chi connectivity index (χ2n) is 6.30. The van der Waals surface area contributed by atoms with Gasteiger partial charge in [0.15, 0.2) is 0 Å². The molecule has 1 aromatic carbocycles. The fourth-order valence-corrected chi connectivity index (χ4v) is 3.50. The van der Waals surface area contributed by atoms with Gasteiger partial charge in [-0.05, 0) is 49.9 Å². The predicted molar refractivity (Wildman–Crippen MR) is 89.7 cm³/mol. The van der Waals surface area contributed by atoms with E-state index in [9.17, 15) is 9.59 Å². The summed E-state index contributed by atoms with van der Waals surface area (Å²) >= 11 is 0. The summed E-state index contributed by atoms with van der Waals surface area (Å²) < 4.78 is 1.85. The van der Waals surface area contributed by atoms with Gasteiger partial charge in [-0.15, -0.1) is 0 Å². The lowest BCUT2D eigenvalue weighted by molar-refractivity contribution is -0.110. The summed E-state index contributed by atoms with van der Waals surface area (Å²) in [6.45, 7) is 2.14. The lowest BCUT2D eigenvalue weighted by Gasteiger charge is -2.23. The van der Waals surface area contributed by atoms with Crippen LogP contribution in [0.2, 0.25) is 0 Å². The van der Waals surface area contributed by atoms with Crippen LogP contribution in [0, 0.1) is 0 Å². The Morgan fingerprint density at radius 1 is 1.35 bits per heavy atom. The topological polar surface area (TPSA) is 64.0 Å². The van der Waals surface area contributed by atoms with Gasteiger partial charge in [-0.3, -0.25) is 4.68 Å². The van der Waals surface area contributed by atoms with Crippen LogP contribution in [-0.4, -0.2) is 35.4 Å². The van der Waals surface area contributed by atoms with E-state index in [2.05, 4.69) is 28.6 Å². The van der Waals surface area contributed by atoms with Gasteiger partial charge in [-0.2, -0.15) is 5.10 Å². The Bertz CT molecular complexity index is 702. The van der Waals surface area contributed by atoms with E-state index in [0.29, 0.717) is 18.8 Å². The molecule has 1 aliphatic heterocycles. The minimum atomic E-state index is -0.311. The van der Waals surface area contributed by atoms with E-state index in [1.54, 1.807) is 0 Å². The van der Waals surface area contributed by atoms with Crippen molar-refractivity contribution in [1.29, 1.82) is 0 Å². The highest BCUT2D eigenvalue weighted by molar-refractivity contribution is 5.86. The van der Waals surface area contributed by atoms with Crippen molar-refractivity contribution in [3.63, 3.8) is 0 Å². The third-order valence-corrected chi connectivity index (χ3v) is 4.83. The van der Waals surface area contributed by atoms with Gasteiger partial charge in [-0.1, -0.05) is 12.1 Å². The monoisotopic (exact) mass is 313 g/mol. The molecular formula is C18H23N3O2. The lowest BCUT2D eigenvalue weighted by Crippen LogP contribution is -2.26. The Kier molecular flexibility index (Phi) is 4.86. The third-order valence-electron chi connectivity index (χ3n) is 4.83. The zero-order valence-electron chi connectivity index (χ0n) is 13.5. The number of fused-ring (bicyclic) bond motifs is 1. The molecule has 1 atom stereocenters. The number of hydrogen-bond donors (Lipinski definition) is 1. The number of nitrogens with zero attached hydrogens (tertiary/aromatic N) is 2. The zero-order chi connectivity index (χ0) is 16.2. The highest BCUT2D eigenvalue weighted by Crippen LogP contribution is 2.31. The van der Waals surface area contributed by atoms with Crippen LogP contribution in [0.3, 0.4) is 0 Å². The SMILES string of the molecule is Cn1nc(C(C=O)CCC=O)c2ccc(C3CCNCC3)cc21. The standard InChI is InChI=1S/C18H23N3O2/c1-21-17-11-14(13-6-8-19-9-7-13)4-5-16(17)18(20-21)15(12-23)3-2-10-22/h4-5,10-13,15,19H,2-3,6-9H2,1H3. The molecule has 23 heavy (non-hydrogen) atoms. The molecular weight excluding hydrogens is 290 g/mol. The number of aromatic nitrogens is 2. The predicted octanol–water partition coefficient (Wildman–Crippen LogP) is 2.30. The van der Waals surface area contributed by atoms with Crippen LogP contribution in [0.5, 0.6) is 0 Å². The van der Waals surface area contributed by atoms with Crippen molar-refractivity contribution in [3.8, 4) is 0 Å². The van der Waals surface area contributed by atoms with Gasteiger partial charge in [0.2, 0.25) is 0 Å². The number of carbonyl (C=O) groups is 2. The summed E-state index contributed by atoms with van der Waals surface area (Å²) in [5, 5.41) is 8.97. The Morgan fingerprint density at radius 3 is 2.83 bits per heavy atom. The molecule has 1 saturated heterocycles. The van der Waals surface area contributed by atoms with Crippen LogP contribution in [0.25, 0.3) is 10.9 Å². The number of piperidine rings is 1. The Balaban J connectivity index is 1.95. The molecule has 5 heteroatoms. The fourth-order valence-electron chi connectivity index (χ4n) is 3.50. The van der Waals surface area contributed by atoms with Gasteiger partial charge >= 0.3 is 0 Å². The van der Waals surface area contributed by atoms with E-state index in [1.807, 2.05) is 11.7 Å². The molecule has 3 rings (SSSR count). The van der Waals surface area contributed by atoms with Crippen LogP contribution in [0.4, 0.5) is 0 Å². The van der Waals surface area contributed by atoms with E-state index >= 15 is 0 Å². The van der Waals surface area contributed by atoms with E-state index in [1.165, 1.54) is 5.56 Å². The molecule has 1 aliphatic rings. The van der Waals surface area contributed by atoms with Crippen molar-refractivity contribution in [2.45, 2.75) is 37.5 Å². The number of benzene rings is 1. The average Bonchev–Trinajstić information content (AvgIpc) is 2.93. The molecule has 1 fully saturated rings. The maximum atomic E-state index is 11.4. The molecule has 0 spiro atoms. The van der Waals surface area contributed by atoms with E-state index in [0.717, 1.165) is 55.1 Å². The first-order chi connectivity index (χ1) is 11.2. The maximum absolute atomic E-state index is 11.4. The minimum absolute atomic E-state index is 0.311. The fraction of sp³-hybridized carbons (Fsp3) is 0.500. The Morgan fingerprint density at radius 2 is 2.13 bits per heavy atom. The van der Waals surface area contributed by atoms with E-state index < -0.39 is 0 Å². The largest absolute Gasteiger partial charge is 0.317 e. The van der Waals surface area contributed by atoms with Gasteiger partial charge in [0.05, 0.1) is 17.1 Å². The van der Waals surface area contributed by atoms with Crippen LogP contribution in [0.15, 0.2) is 18.2 Å². The number of hydrogen-bond acceptors (Lipinski definition) is 4. The smallest absolute Gasteiger partial charge is 0.129 e. The molecule has 1 N–H and O–H groups in total. The average molecular weight is 313 g/mol. The van der Waals surface area contributed by atoms with Crippen molar-refractivity contribution in [1.82, 2.24) is 15.1 Å². The number of aldehydes is 2. The van der Waals surface area contributed by atoms with Crippen molar-refractivity contribution >= 4 is 23.5 Å². The van der Waals surface area contributed by atoms with Gasteiger partial charge in [0, 0.05) is 18.9 Å². The first-order valence-electron chi connectivity index (χ1n) is 8.30. The maximum Gasteiger partial charge on any atom is 0.129 e. The summed E-state index contributed by atoms with van der Waals surface area (Å²) in [5.74, 6) is 0.282. The molecule has 0 saturated carbocycles. The number of aryl methyl sites for hydroxylation is 1. The number of nitrogens with one attached hydrogen (secondary N) is 1. The van der Waals surface area contributed by atoms with Crippen molar-refractivity contribution < 1.29 is 9.59 Å². The molecule has 2 heterocycles. The molecule has 122 valence electrons. The summed E-state index contributed by atoms with van der Waals surface area (Å²) in [5.41, 5.74) is 3.20. The first-order valence-corrected chi connectivity index (χ1v) is 8.30. The van der Waals surface area contributed by atoms with Crippen molar-refractivity contribution in [3.05, 3.63) is 29.5 Å². The molecule has 0 aliphatic carbocycles. The highest BCUT2D eigenvalue weighted by Gasteiger charge is 2.21. The summed E-state index contributed by atoms with van der Waals surface area (Å²) in [7, 11) is 1.92. The van der Waals surface area contributed by atoms with Gasteiger partial charge < -0.3 is 14.9 Å². The third kappa shape index (κ3) is 3.20. The van der Waals surface area contributed by atoms with Crippen molar-refractivity contribution in [2.75, 3.05) is 13.1 Å². The lowest BCUT2D eigenvalue weighted by atomic mass is 9.89. The van der Waals surface area contributed by atoms with Crippen LogP contribution >= 0.6 is 0 Å². The summed E-state index contributed by atoms with van der Waals surface area (Å²) in [6.07, 6.45) is 4.99. The Labute approximate surface area is 136 Å². The minimum Gasteiger partial charge on any atom is -0.317 e. The van der Waals surface area contributed by atoms with Crippen LogP contribution in [-0.2, 0) is 16.6 Å². The zero-order valence-corrected chi connectivity index (χ0v) is 13.5. The van der Waals surface area contributed by atoms with Crippen LogP contribution in [0.1, 0.15) is 48.8 Å². The first kappa shape index (κ1) is 15.9. The summed E-state index contributed by atoms with van der Waals surface area (Å²) in [4.78, 5) is 22.0.